The third kappa shape index (κ3) is 5.35. The molecule has 21 heavy (non-hydrogen) atoms. The molecule has 0 unspecified atom stereocenters. The van der Waals surface area contributed by atoms with Gasteiger partial charge in [-0.3, -0.25) is 0 Å². The fraction of sp³-hybridized carbons (Fsp3) is 0.684. The molecule has 0 saturated heterocycles. The van der Waals surface area contributed by atoms with Crippen LogP contribution in [0.4, 0.5) is 0 Å². The molecule has 0 aromatic heterocycles. The lowest BCUT2D eigenvalue weighted by Crippen LogP contribution is -2.39. The molecule has 0 aliphatic heterocycles. The largest absolute Gasteiger partial charge is 0.497 e. The fourth-order valence-electron chi connectivity index (χ4n) is 3.19. The second kappa shape index (κ2) is 9.09. The van der Waals surface area contributed by atoms with E-state index in [9.17, 15) is 0 Å². The highest BCUT2D eigenvalue weighted by Gasteiger charge is 2.30. The van der Waals surface area contributed by atoms with Gasteiger partial charge in [0.1, 0.15) is 5.75 Å². The van der Waals surface area contributed by atoms with Gasteiger partial charge in [-0.25, -0.2) is 0 Å². The number of hydrogen-bond donors (Lipinski definition) is 1. The van der Waals surface area contributed by atoms with Gasteiger partial charge in [-0.05, 0) is 43.0 Å². The molecule has 1 aromatic carbocycles. The van der Waals surface area contributed by atoms with Crippen LogP contribution >= 0.6 is 0 Å². The topological polar surface area (TPSA) is 21.3 Å². The van der Waals surface area contributed by atoms with Crippen LogP contribution in [0.1, 0.15) is 58.9 Å². The van der Waals surface area contributed by atoms with Crippen LogP contribution in [0.3, 0.4) is 0 Å². The molecule has 0 saturated carbocycles. The Morgan fingerprint density at radius 2 is 1.62 bits per heavy atom. The van der Waals surface area contributed by atoms with Crippen molar-refractivity contribution in [2.75, 3.05) is 20.2 Å². The van der Waals surface area contributed by atoms with Gasteiger partial charge in [0.05, 0.1) is 7.11 Å². The Morgan fingerprint density at radius 3 is 2.05 bits per heavy atom. The van der Waals surface area contributed by atoms with Crippen molar-refractivity contribution < 1.29 is 4.74 Å². The minimum absolute atomic E-state index is 0.255. The van der Waals surface area contributed by atoms with Crippen molar-refractivity contribution in [3.8, 4) is 5.75 Å². The first-order valence-corrected chi connectivity index (χ1v) is 8.43. The maximum atomic E-state index is 5.30. The van der Waals surface area contributed by atoms with E-state index < -0.39 is 0 Å². The summed E-state index contributed by atoms with van der Waals surface area (Å²) in [6, 6.07) is 8.69. The lowest BCUT2D eigenvalue weighted by Gasteiger charge is -2.35. The van der Waals surface area contributed by atoms with Gasteiger partial charge in [0.2, 0.25) is 0 Å². The zero-order valence-electron chi connectivity index (χ0n) is 14.5. The lowest BCUT2D eigenvalue weighted by molar-refractivity contribution is 0.328. The zero-order chi connectivity index (χ0) is 15.7. The van der Waals surface area contributed by atoms with Crippen molar-refractivity contribution >= 4 is 0 Å². The molecule has 0 aliphatic rings. The average Bonchev–Trinajstić information content (AvgIpc) is 2.47. The molecule has 0 spiro atoms. The van der Waals surface area contributed by atoms with E-state index in [4.69, 9.17) is 4.74 Å². The van der Waals surface area contributed by atoms with Gasteiger partial charge >= 0.3 is 0 Å². The van der Waals surface area contributed by atoms with Crippen molar-refractivity contribution in [3.05, 3.63) is 29.8 Å². The van der Waals surface area contributed by atoms with E-state index in [1.54, 1.807) is 7.11 Å². The predicted octanol–water partition coefficient (Wildman–Crippen LogP) is 4.78. The second-order valence-electron chi connectivity index (χ2n) is 6.53. The first kappa shape index (κ1) is 18.0. The number of methoxy groups -OCH3 is 1. The quantitative estimate of drug-likeness (QED) is 0.670. The Kier molecular flexibility index (Phi) is 7.81. The van der Waals surface area contributed by atoms with Gasteiger partial charge in [-0.1, -0.05) is 52.7 Å². The van der Waals surface area contributed by atoms with Crippen molar-refractivity contribution in [2.24, 2.45) is 5.92 Å². The molecule has 1 rings (SSSR count). The van der Waals surface area contributed by atoms with Crippen LogP contribution in [-0.2, 0) is 5.41 Å². The maximum Gasteiger partial charge on any atom is 0.118 e. The summed E-state index contributed by atoms with van der Waals surface area (Å²) in [6.45, 7) is 11.3. The van der Waals surface area contributed by atoms with Gasteiger partial charge in [-0.15, -0.1) is 0 Å². The van der Waals surface area contributed by atoms with Crippen LogP contribution in [0, 0.1) is 5.92 Å². The predicted molar refractivity (Wildman–Crippen MR) is 92.2 cm³/mol. The third-order valence-electron chi connectivity index (χ3n) is 4.18. The van der Waals surface area contributed by atoms with Gasteiger partial charge in [-0.2, -0.15) is 0 Å². The molecule has 0 amide bonds. The Bertz CT molecular complexity index is 377. The SMILES string of the molecule is CCCC(CCC)(CNCC(C)C)c1ccc(OC)cc1. The maximum absolute atomic E-state index is 5.30. The first-order chi connectivity index (χ1) is 10.1. The normalized spacial score (nSPS) is 11.9. The highest BCUT2D eigenvalue weighted by Crippen LogP contribution is 2.34. The van der Waals surface area contributed by atoms with Crippen LogP contribution in [0.2, 0.25) is 0 Å². The number of rotatable bonds is 10. The van der Waals surface area contributed by atoms with E-state index in [0.717, 1.165) is 18.8 Å². The molecule has 120 valence electrons. The van der Waals surface area contributed by atoms with Crippen molar-refractivity contribution in [1.29, 1.82) is 0 Å². The summed E-state index contributed by atoms with van der Waals surface area (Å²) >= 11 is 0. The molecule has 0 bridgehead atoms. The van der Waals surface area contributed by atoms with Gasteiger partial charge < -0.3 is 10.1 Å². The Morgan fingerprint density at radius 1 is 1.05 bits per heavy atom. The van der Waals surface area contributed by atoms with Crippen molar-refractivity contribution in [2.45, 2.75) is 58.8 Å². The van der Waals surface area contributed by atoms with E-state index in [1.807, 2.05) is 0 Å². The molecular formula is C19H33NO. The Hall–Kier alpha value is -1.02. The second-order valence-corrected chi connectivity index (χ2v) is 6.53. The van der Waals surface area contributed by atoms with Crippen LogP contribution in [0.15, 0.2) is 24.3 Å². The zero-order valence-corrected chi connectivity index (χ0v) is 14.5. The molecule has 0 radical (unpaired) electrons. The monoisotopic (exact) mass is 291 g/mol. The molecule has 2 nitrogen and oxygen atoms in total. The minimum atomic E-state index is 0.255. The molecule has 1 aromatic rings. The molecule has 0 fully saturated rings. The third-order valence-corrected chi connectivity index (χ3v) is 4.18. The molecule has 0 heterocycles. The van der Waals surface area contributed by atoms with E-state index in [0.29, 0.717) is 5.92 Å². The molecule has 1 N–H and O–H groups in total. The van der Waals surface area contributed by atoms with Gasteiger partial charge in [0.25, 0.3) is 0 Å². The van der Waals surface area contributed by atoms with E-state index in [1.165, 1.54) is 31.2 Å². The Labute approximate surface area is 131 Å². The number of nitrogens with one attached hydrogen (secondary N) is 1. The molecular weight excluding hydrogens is 258 g/mol. The number of hydrogen-bond acceptors (Lipinski definition) is 2. The lowest BCUT2D eigenvalue weighted by atomic mass is 9.73. The highest BCUT2D eigenvalue weighted by molar-refractivity contribution is 5.33. The number of benzene rings is 1. The van der Waals surface area contributed by atoms with Crippen LogP contribution in [0.25, 0.3) is 0 Å². The summed E-state index contributed by atoms with van der Waals surface area (Å²) in [5, 5.41) is 3.69. The molecule has 2 heteroatoms. The van der Waals surface area contributed by atoms with Crippen LogP contribution in [0.5, 0.6) is 5.75 Å². The fourth-order valence-corrected chi connectivity index (χ4v) is 3.19. The number of ether oxygens (including phenoxy) is 1. The molecule has 0 aliphatic carbocycles. The summed E-state index contributed by atoms with van der Waals surface area (Å²) in [6.07, 6.45) is 4.90. The standard InChI is InChI=1S/C19H33NO/c1-6-12-19(13-7-2,15-20-14-16(3)4)17-8-10-18(21-5)11-9-17/h8-11,16,20H,6-7,12-15H2,1-5H3. The van der Waals surface area contributed by atoms with Gasteiger partial charge in [0.15, 0.2) is 0 Å². The van der Waals surface area contributed by atoms with E-state index in [-0.39, 0.29) is 5.41 Å². The smallest absolute Gasteiger partial charge is 0.118 e. The minimum Gasteiger partial charge on any atom is -0.497 e. The summed E-state index contributed by atoms with van der Waals surface area (Å²) in [5.74, 6) is 1.64. The van der Waals surface area contributed by atoms with Crippen LogP contribution < -0.4 is 10.1 Å². The summed E-state index contributed by atoms with van der Waals surface area (Å²) in [7, 11) is 1.73. The van der Waals surface area contributed by atoms with Gasteiger partial charge in [0, 0.05) is 12.0 Å². The average molecular weight is 291 g/mol. The van der Waals surface area contributed by atoms with E-state index >= 15 is 0 Å². The van der Waals surface area contributed by atoms with Crippen molar-refractivity contribution in [3.63, 3.8) is 0 Å². The van der Waals surface area contributed by atoms with Crippen molar-refractivity contribution in [1.82, 2.24) is 5.32 Å². The Balaban J connectivity index is 2.95. The summed E-state index contributed by atoms with van der Waals surface area (Å²) in [4.78, 5) is 0. The van der Waals surface area contributed by atoms with E-state index in [2.05, 4.69) is 57.3 Å². The summed E-state index contributed by atoms with van der Waals surface area (Å²) in [5.41, 5.74) is 1.70. The molecule has 0 atom stereocenters. The first-order valence-electron chi connectivity index (χ1n) is 8.43. The van der Waals surface area contributed by atoms with Crippen LogP contribution in [-0.4, -0.2) is 20.2 Å². The highest BCUT2D eigenvalue weighted by atomic mass is 16.5. The summed E-state index contributed by atoms with van der Waals surface area (Å²) < 4.78 is 5.30.